The molecule has 1 unspecified atom stereocenters. The molecule has 1 atom stereocenters. The number of nitrogens with two attached hydrogens (primary N) is 1. The number of aromatic nitrogens is 2. The first-order valence-electron chi connectivity index (χ1n) is 4.75. The molecule has 0 aliphatic rings. The van der Waals surface area contributed by atoms with Crippen LogP contribution in [0.3, 0.4) is 0 Å². The summed E-state index contributed by atoms with van der Waals surface area (Å²) in [6.45, 7) is 3.69. The molecule has 0 spiro atoms. The molecule has 14 heavy (non-hydrogen) atoms. The van der Waals surface area contributed by atoms with Crippen molar-refractivity contribution in [2.75, 3.05) is 0 Å². The van der Waals surface area contributed by atoms with E-state index in [0.29, 0.717) is 12.8 Å². The summed E-state index contributed by atoms with van der Waals surface area (Å²) < 4.78 is 1.68. The highest BCUT2D eigenvalue weighted by Gasteiger charge is 2.25. The minimum atomic E-state index is -0.712. The van der Waals surface area contributed by atoms with Gasteiger partial charge in [0.15, 0.2) is 5.78 Å². The number of hydrogen-bond acceptors (Lipinski definition) is 3. The van der Waals surface area contributed by atoms with Crippen LogP contribution in [0.25, 0.3) is 0 Å². The minimum absolute atomic E-state index is 0.0630. The predicted octanol–water partition coefficient (Wildman–Crippen LogP) is 0.659. The first-order valence-corrected chi connectivity index (χ1v) is 4.75. The van der Waals surface area contributed by atoms with Gasteiger partial charge in [-0.3, -0.25) is 9.48 Å². The highest BCUT2D eigenvalue weighted by Crippen LogP contribution is 2.10. The molecule has 0 aromatic carbocycles. The third-order valence-corrected chi connectivity index (χ3v) is 2.49. The molecule has 0 fully saturated rings. The molecule has 4 nitrogen and oxygen atoms in total. The molecule has 2 N–H and O–H groups in total. The van der Waals surface area contributed by atoms with Gasteiger partial charge < -0.3 is 5.73 Å². The molecule has 0 bridgehead atoms. The Kier molecular flexibility index (Phi) is 3.06. The quantitative estimate of drug-likeness (QED) is 0.767. The first-order chi connectivity index (χ1) is 6.45. The van der Waals surface area contributed by atoms with Gasteiger partial charge in [-0.25, -0.2) is 0 Å². The molecule has 1 aromatic heterocycles. The smallest absolute Gasteiger partial charge is 0.156 e. The van der Waals surface area contributed by atoms with Gasteiger partial charge in [-0.15, -0.1) is 0 Å². The van der Waals surface area contributed by atoms with Crippen LogP contribution in [0.4, 0.5) is 0 Å². The summed E-state index contributed by atoms with van der Waals surface area (Å²) in [7, 11) is 1.83. The van der Waals surface area contributed by atoms with E-state index in [1.807, 2.05) is 20.2 Å². The third-order valence-electron chi connectivity index (χ3n) is 2.49. The summed E-state index contributed by atoms with van der Waals surface area (Å²) >= 11 is 0. The van der Waals surface area contributed by atoms with E-state index in [2.05, 4.69) is 5.10 Å². The number of nitrogens with zero attached hydrogens (tertiary/aromatic N) is 2. The van der Waals surface area contributed by atoms with Crippen molar-refractivity contribution >= 4 is 5.78 Å². The molecule has 0 saturated heterocycles. The van der Waals surface area contributed by atoms with Crippen molar-refractivity contribution in [1.29, 1.82) is 0 Å². The summed E-state index contributed by atoms with van der Waals surface area (Å²) in [5.41, 5.74) is 6.04. The lowest BCUT2D eigenvalue weighted by Gasteiger charge is -2.20. The zero-order chi connectivity index (χ0) is 10.8. The predicted molar refractivity (Wildman–Crippen MR) is 54.8 cm³/mol. The Labute approximate surface area is 84.1 Å². The van der Waals surface area contributed by atoms with Crippen molar-refractivity contribution in [1.82, 2.24) is 9.78 Å². The average molecular weight is 195 g/mol. The van der Waals surface area contributed by atoms with Crippen LogP contribution >= 0.6 is 0 Å². The second kappa shape index (κ2) is 3.92. The molecule has 0 radical (unpaired) electrons. The number of aryl methyl sites for hydroxylation is 1. The number of ketones is 1. The standard InChI is InChI=1S/C10H17N3O/c1-4-10(2,11)9(14)5-8-6-12-13(3)7-8/h6-7H,4-5,11H2,1-3H3. The zero-order valence-corrected chi connectivity index (χ0v) is 8.95. The number of hydrogen-bond donors (Lipinski definition) is 1. The summed E-state index contributed by atoms with van der Waals surface area (Å²) in [5, 5.41) is 4.00. The molecule has 78 valence electrons. The fraction of sp³-hybridized carbons (Fsp3) is 0.600. The van der Waals surface area contributed by atoms with Crippen molar-refractivity contribution in [3.63, 3.8) is 0 Å². The van der Waals surface area contributed by atoms with Gasteiger partial charge in [-0.1, -0.05) is 6.92 Å². The molecule has 1 aromatic rings. The summed E-state index contributed by atoms with van der Waals surface area (Å²) in [6.07, 6.45) is 4.56. The Morgan fingerprint density at radius 2 is 2.36 bits per heavy atom. The van der Waals surface area contributed by atoms with Crippen LogP contribution in [0, 0.1) is 0 Å². The van der Waals surface area contributed by atoms with Crippen molar-refractivity contribution in [2.24, 2.45) is 12.8 Å². The van der Waals surface area contributed by atoms with Gasteiger partial charge in [-0.05, 0) is 18.9 Å². The van der Waals surface area contributed by atoms with Crippen molar-refractivity contribution < 1.29 is 4.79 Å². The molecule has 0 amide bonds. The van der Waals surface area contributed by atoms with Crippen LogP contribution in [0.2, 0.25) is 0 Å². The topological polar surface area (TPSA) is 60.9 Å². The molecular formula is C10H17N3O. The number of carbonyl (C=O) groups excluding carboxylic acids is 1. The van der Waals surface area contributed by atoms with E-state index < -0.39 is 5.54 Å². The fourth-order valence-electron chi connectivity index (χ4n) is 1.15. The van der Waals surface area contributed by atoms with Gasteiger partial charge >= 0.3 is 0 Å². The Bertz CT molecular complexity index is 328. The van der Waals surface area contributed by atoms with Gasteiger partial charge in [0.05, 0.1) is 11.7 Å². The van der Waals surface area contributed by atoms with Crippen LogP contribution in [-0.4, -0.2) is 21.1 Å². The van der Waals surface area contributed by atoms with Crippen LogP contribution in [0.1, 0.15) is 25.8 Å². The number of rotatable bonds is 4. The SMILES string of the molecule is CCC(C)(N)C(=O)Cc1cnn(C)c1. The molecule has 0 aliphatic heterocycles. The van der Waals surface area contributed by atoms with E-state index in [0.717, 1.165) is 5.56 Å². The number of carbonyl (C=O) groups is 1. The summed E-state index contributed by atoms with van der Waals surface area (Å²) in [6, 6.07) is 0. The largest absolute Gasteiger partial charge is 0.319 e. The maximum absolute atomic E-state index is 11.7. The first kappa shape index (κ1) is 10.9. The molecule has 0 saturated carbocycles. The Morgan fingerprint density at radius 3 is 2.79 bits per heavy atom. The Balaban J connectivity index is 2.66. The average Bonchev–Trinajstić information content (AvgIpc) is 2.51. The third kappa shape index (κ3) is 2.42. The lowest BCUT2D eigenvalue weighted by Crippen LogP contribution is -2.45. The van der Waals surface area contributed by atoms with Crippen molar-refractivity contribution in [3.05, 3.63) is 18.0 Å². The van der Waals surface area contributed by atoms with E-state index in [-0.39, 0.29) is 5.78 Å². The zero-order valence-electron chi connectivity index (χ0n) is 8.95. The summed E-state index contributed by atoms with van der Waals surface area (Å²) in [4.78, 5) is 11.7. The number of Topliss-reactive ketones (excluding diaryl/α,β-unsaturated/α-hetero) is 1. The van der Waals surface area contributed by atoms with Gasteiger partial charge in [0.1, 0.15) is 0 Å². The van der Waals surface area contributed by atoms with Crippen LogP contribution in [-0.2, 0) is 18.3 Å². The van der Waals surface area contributed by atoms with E-state index in [1.54, 1.807) is 17.8 Å². The molecule has 1 rings (SSSR count). The summed E-state index contributed by atoms with van der Waals surface area (Å²) in [5.74, 6) is 0.0630. The Hall–Kier alpha value is -1.16. The van der Waals surface area contributed by atoms with Gasteiger partial charge in [-0.2, -0.15) is 5.10 Å². The lowest BCUT2D eigenvalue weighted by molar-refractivity contribution is -0.123. The van der Waals surface area contributed by atoms with Crippen LogP contribution < -0.4 is 5.73 Å². The Morgan fingerprint density at radius 1 is 1.71 bits per heavy atom. The van der Waals surface area contributed by atoms with Crippen LogP contribution in [0.15, 0.2) is 12.4 Å². The minimum Gasteiger partial charge on any atom is -0.319 e. The van der Waals surface area contributed by atoms with Gasteiger partial charge in [0, 0.05) is 19.7 Å². The monoisotopic (exact) mass is 195 g/mol. The van der Waals surface area contributed by atoms with E-state index in [9.17, 15) is 4.79 Å². The lowest BCUT2D eigenvalue weighted by atomic mass is 9.91. The van der Waals surface area contributed by atoms with Crippen molar-refractivity contribution in [2.45, 2.75) is 32.2 Å². The normalized spacial score (nSPS) is 15.1. The van der Waals surface area contributed by atoms with Gasteiger partial charge in [0.25, 0.3) is 0 Å². The molecule has 0 aliphatic carbocycles. The molecule has 1 heterocycles. The highest BCUT2D eigenvalue weighted by atomic mass is 16.1. The maximum Gasteiger partial charge on any atom is 0.156 e. The van der Waals surface area contributed by atoms with E-state index in [4.69, 9.17) is 5.73 Å². The van der Waals surface area contributed by atoms with E-state index >= 15 is 0 Å². The highest BCUT2D eigenvalue weighted by molar-refractivity contribution is 5.89. The molecule has 4 heteroatoms. The molecular weight excluding hydrogens is 178 g/mol. The fourth-order valence-corrected chi connectivity index (χ4v) is 1.15. The maximum atomic E-state index is 11.7. The second-order valence-corrected chi connectivity index (χ2v) is 3.89. The second-order valence-electron chi connectivity index (χ2n) is 3.89. The van der Waals surface area contributed by atoms with Gasteiger partial charge in [0.2, 0.25) is 0 Å². The van der Waals surface area contributed by atoms with Crippen molar-refractivity contribution in [3.8, 4) is 0 Å². The van der Waals surface area contributed by atoms with E-state index in [1.165, 1.54) is 0 Å². The van der Waals surface area contributed by atoms with Crippen LogP contribution in [0.5, 0.6) is 0 Å².